The fourth-order valence-electron chi connectivity index (χ4n) is 2.20. The van der Waals surface area contributed by atoms with Crippen LogP contribution in [0.1, 0.15) is 35.3 Å². The third-order valence-corrected chi connectivity index (χ3v) is 4.83. The normalized spacial score (nSPS) is 12.0. The highest BCUT2D eigenvalue weighted by Gasteiger charge is 2.18. The first-order valence-corrected chi connectivity index (χ1v) is 8.60. The quantitative estimate of drug-likeness (QED) is 0.819. The van der Waals surface area contributed by atoms with Gasteiger partial charge in [0.15, 0.2) is 0 Å². The van der Waals surface area contributed by atoms with Crippen molar-refractivity contribution in [3.05, 3.63) is 52.0 Å². The molecule has 1 heterocycles. The van der Waals surface area contributed by atoms with Crippen molar-refractivity contribution in [1.29, 1.82) is 0 Å². The van der Waals surface area contributed by atoms with E-state index in [-0.39, 0.29) is 18.7 Å². The Morgan fingerprint density at radius 1 is 1.39 bits per heavy atom. The van der Waals surface area contributed by atoms with Crippen molar-refractivity contribution in [2.75, 3.05) is 13.2 Å². The molecule has 5 nitrogen and oxygen atoms in total. The number of hydrogen-bond acceptors (Lipinski definition) is 4. The highest BCUT2D eigenvalue weighted by molar-refractivity contribution is 7.11. The SMILES string of the molecule is CCc1cnc(C(C)NC(=O)N(CCO)Cc2ccccc2)s1. The Morgan fingerprint density at radius 3 is 2.74 bits per heavy atom. The van der Waals surface area contributed by atoms with Gasteiger partial charge in [-0.2, -0.15) is 0 Å². The summed E-state index contributed by atoms with van der Waals surface area (Å²) in [6, 6.07) is 9.41. The van der Waals surface area contributed by atoms with Crippen molar-refractivity contribution in [3.63, 3.8) is 0 Å². The van der Waals surface area contributed by atoms with Crippen LogP contribution in [-0.2, 0) is 13.0 Å². The number of urea groups is 1. The van der Waals surface area contributed by atoms with Crippen LogP contribution in [0.25, 0.3) is 0 Å². The van der Waals surface area contributed by atoms with Gasteiger partial charge in [-0.1, -0.05) is 37.3 Å². The zero-order valence-corrected chi connectivity index (χ0v) is 14.3. The van der Waals surface area contributed by atoms with E-state index in [9.17, 15) is 9.90 Å². The average Bonchev–Trinajstić information content (AvgIpc) is 3.04. The molecular weight excluding hydrogens is 310 g/mol. The summed E-state index contributed by atoms with van der Waals surface area (Å²) < 4.78 is 0. The molecular formula is C17H23N3O2S. The average molecular weight is 333 g/mol. The predicted molar refractivity (Wildman–Crippen MR) is 92.4 cm³/mol. The van der Waals surface area contributed by atoms with Gasteiger partial charge in [0, 0.05) is 24.2 Å². The van der Waals surface area contributed by atoms with E-state index >= 15 is 0 Å². The lowest BCUT2D eigenvalue weighted by Crippen LogP contribution is -2.42. The molecule has 0 aliphatic rings. The topological polar surface area (TPSA) is 65.5 Å². The van der Waals surface area contributed by atoms with Crippen LogP contribution in [0.3, 0.4) is 0 Å². The summed E-state index contributed by atoms with van der Waals surface area (Å²) in [5, 5.41) is 13.1. The third kappa shape index (κ3) is 5.04. The Hall–Kier alpha value is -1.92. The van der Waals surface area contributed by atoms with Crippen molar-refractivity contribution < 1.29 is 9.90 Å². The lowest BCUT2D eigenvalue weighted by atomic mass is 10.2. The monoisotopic (exact) mass is 333 g/mol. The first-order chi connectivity index (χ1) is 11.1. The van der Waals surface area contributed by atoms with Gasteiger partial charge in [0.25, 0.3) is 0 Å². The minimum absolute atomic E-state index is 0.0636. The van der Waals surface area contributed by atoms with Gasteiger partial charge in [0.05, 0.1) is 12.6 Å². The highest BCUT2D eigenvalue weighted by atomic mass is 32.1. The number of rotatable bonds is 7. The van der Waals surface area contributed by atoms with E-state index in [1.54, 1.807) is 16.2 Å². The van der Waals surface area contributed by atoms with Crippen LogP contribution in [0.4, 0.5) is 4.79 Å². The summed E-state index contributed by atoms with van der Waals surface area (Å²) in [6.07, 6.45) is 2.81. The smallest absolute Gasteiger partial charge is 0.318 e. The Morgan fingerprint density at radius 2 is 2.13 bits per heavy atom. The highest BCUT2D eigenvalue weighted by Crippen LogP contribution is 2.20. The van der Waals surface area contributed by atoms with Crippen molar-refractivity contribution in [2.45, 2.75) is 32.9 Å². The van der Waals surface area contributed by atoms with E-state index in [1.165, 1.54) is 4.88 Å². The molecule has 6 heteroatoms. The second-order valence-corrected chi connectivity index (χ2v) is 6.47. The fourth-order valence-corrected chi connectivity index (χ4v) is 3.06. The number of aryl methyl sites for hydroxylation is 1. The molecule has 0 spiro atoms. The minimum Gasteiger partial charge on any atom is -0.395 e. The number of nitrogens with zero attached hydrogens (tertiary/aromatic N) is 2. The number of hydrogen-bond donors (Lipinski definition) is 2. The van der Waals surface area contributed by atoms with Gasteiger partial charge in [-0.3, -0.25) is 0 Å². The van der Waals surface area contributed by atoms with Crippen LogP contribution in [0.15, 0.2) is 36.5 Å². The molecule has 0 radical (unpaired) electrons. The number of aliphatic hydroxyl groups is 1. The van der Waals surface area contributed by atoms with E-state index in [4.69, 9.17) is 0 Å². The van der Waals surface area contributed by atoms with Crippen molar-refractivity contribution in [3.8, 4) is 0 Å². The molecule has 0 fully saturated rings. The molecule has 0 saturated carbocycles. The van der Waals surface area contributed by atoms with Gasteiger partial charge in [-0.25, -0.2) is 9.78 Å². The molecule has 1 unspecified atom stereocenters. The number of carbonyl (C=O) groups excluding carboxylic acids is 1. The lowest BCUT2D eigenvalue weighted by molar-refractivity contribution is 0.171. The molecule has 0 aliphatic carbocycles. The Balaban J connectivity index is 1.99. The maximum absolute atomic E-state index is 12.5. The summed E-state index contributed by atoms with van der Waals surface area (Å²) in [5.41, 5.74) is 1.03. The number of aliphatic hydroxyl groups excluding tert-OH is 1. The van der Waals surface area contributed by atoms with Gasteiger partial charge in [-0.05, 0) is 18.9 Å². The molecule has 2 rings (SSSR count). The number of benzene rings is 1. The number of carbonyl (C=O) groups is 1. The van der Waals surface area contributed by atoms with Crippen LogP contribution in [0, 0.1) is 0 Å². The standard InChI is InChI=1S/C17H23N3O2S/c1-3-15-11-18-16(23-15)13(2)19-17(22)20(9-10-21)12-14-7-5-4-6-8-14/h4-8,11,13,21H,3,9-10,12H2,1-2H3,(H,19,22). The molecule has 0 aliphatic heterocycles. The van der Waals surface area contributed by atoms with E-state index in [1.807, 2.05) is 43.5 Å². The van der Waals surface area contributed by atoms with Crippen LogP contribution in [0.2, 0.25) is 0 Å². The Bertz CT molecular complexity index is 615. The van der Waals surface area contributed by atoms with E-state index in [2.05, 4.69) is 17.2 Å². The van der Waals surface area contributed by atoms with Gasteiger partial charge in [0.1, 0.15) is 5.01 Å². The molecule has 0 saturated heterocycles. The largest absolute Gasteiger partial charge is 0.395 e. The van der Waals surface area contributed by atoms with Crippen LogP contribution in [0.5, 0.6) is 0 Å². The summed E-state index contributed by atoms with van der Waals surface area (Å²) in [7, 11) is 0. The van der Waals surface area contributed by atoms with Gasteiger partial charge in [0.2, 0.25) is 0 Å². The molecule has 1 atom stereocenters. The number of amides is 2. The molecule has 1 aromatic heterocycles. The Kier molecular flexibility index (Phi) is 6.55. The number of thiazole rings is 1. The summed E-state index contributed by atoms with van der Waals surface area (Å²) >= 11 is 1.62. The molecule has 2 aromatic rings. The van der Waals surface area contributed by atoms with Crippen molar-refractivity contribution >= 4 is 17.4 Å². The van der Waals surface area contributed by atoms with Crippen LogP contribution < -0.4 is 5.32 Å². The van der Waals surface area contributed by atoms with Gasteiger partial charge >= 0.3 is 6.03 Å². The second kappa shape index (κ2) is 8.64. The predicted octanol–water partition coefficient (Wildman–Crippen LogP) is 2.97. The maximum atomic E-state index is 12.5. The van der Waals surface area contributed by atoms with E-state index < -0.39 is 0 Å². The fraction of sp³-hybridized carbons (Fsp3) is 0.412. The Labute approximate surface area is 141 Å². The number of aromatic nitrogens is 1. The first-order valence-electron chi connectivity index (χ1n) is 7.78. The van der Waals surface area contributed by atoms with Crippen molar-refractivity contribution in [1.82, 2.24) is 15.2 Å². The van der Waals surface area contributed by atoms with Crippen LogP contribution in [-0.4, -0.2) is 34.2 Å². The third-order valence-electron chi connectivity index (χ3n) is 3.50. The van der Waals surface area contributed by atoms with Gasteiger partial charge in [-0.15, -0.1) is 11.3 Å². The molecule has 23 heavy (non-hydrogen) atoms. The molecule has 1 aromatic carbocycles. The zero-order valence-electron chi connectivity index (χ0n) is 13.5. The molecule has 0 bridgehead atoms. The summed E-state index contributed by atoms with van der Waals surface area (Å²) in [5.74, 6) is 0. The molecule has 2 N–H and O–H groups in total. The van der Waals surface area contributed by atoms with Crippen molar-refractivity contribution in [2.24, 2.45) is 0 Å². The van der Waals surface area contributed by atoms with E-state index in [0.717, 1.165) is 17.0 Å². The maximum Gasteiger partial charge on any atom is 0.318 e. The summed E-state index contributed by atoms with van der Waals surface area (Å²) in [6.45, 7) is 4.72. The lowest BCUT2D eigenvalue weighted by Gasteiger charge is -2.24. The van der Waals surface area contributed by atoms with Crippen LogP contribution >= 0.6 is 11.3 Å². The molecule has 2 amide bonds. The minimum atomic E-state index is -0.191. The first kappa shape index (κ1) is 17.4. The van der Waals surface area contributed by atoms with Gasteiger partial charge < -0.3 is 15.3 Å². The van der Waals surface area contributed by atoms with E-state index in [0.29, 0.717) is 13.1 Å². The molecule has 124 valence electrons. The summed E-state index contributed by atoms with van der Waals surface area (Å²) in [4.78, 5) is 19.7. The number of nitrogens with one attached hydrogen (secondary N) is 1. The zero-order chi connectivity index (χ0) is 16.7. The second-order valence-electron chi connectivity index (χ2n) is 5.32.